The van der Waals surface area contributed by atoms with E-state index in [0.29, 0.717) is 12.3 Å². The number of halogens is 1. The topological polar surface area (TPSA) is 98.2 Å². The maximum Gasteiger partial charge on any atom is 0.182 e. The van der Waals surface area contributed by atoms with Crippen LogP contribution in [0.2, 0.25) is 0 Å². The highest BCUT2D eigenvalue weighted by atomic mass is 35.5. The molecule has 1 saturated carbocycles. The summed E-state index contributed by atoms with van der Waals surface area (Å²) in [5.74, 6) is 0.638. The van der Waals surface area contributed by atoms with Gasteiger partial charge < -0.3 is 26.8 Å². The molecule has 6 nitrogen and oxygen atoms in total. The van der Waals surface area contributed by atoms with E-state index >= 15 is 0 Å². The number of nitrogens with two attached hydrogens (primary N) is 2. The van der Waals surface area contributed by atoms with E-state index in [-0.39, 0.29) is 11.4 Å². The maximum absolute atomic E-state index is 7.00. The molecule has 0 aromatic carbocycles. The van der Waals surface area contributed by atoms with Crippen LogP contribution in [0, 0.1) is 5.92 Å². The molecule has 0 spiro atoms. The molecule has 1 aromatic heterocycles. The van der Waals surface area contributed by atoms with Crippen LogP contribution >= 0.6 is 22.9 Å². The number of dihydropyridines is 1. The highest BCUT2D eigenvalue weighted by molar-refractivity contribution is 7.13. The molecule has 0 amide bonds. The molecule has 1 aliphatic carbocycles. The minimum atomic E-state index is -0.669. The summed E-state index contributed by atoms with van der Waals surface area (Å²) in [5, 5.41) is 9.80. The van der Waals surface area contributed by atoms with E-state index in [0.717, 1.165) is 56.3 Å². The van der Waals surface area contributed by atoms with Gasteiger partial charge in [-0.2, -0.15) is 0 Å². The molecule has 1 aromatic rings. The number of anilines is 1. The fourth-order valence-corrected chi connectivity index (χ4v) is 5.80. The van der Waals surface area contributed by atoms with Gasteiger partial charge in [0.25, 0.3) is 0 Å². The smallest absolute Gasteiger partial charge is 0.182 e. The lowest BCUT2D eigenvalue weighted by Gasteiger charge is -2.52. The first-order valence-electron chi connectivity index (χ1n) is 10.1. The average Bonchev–Trinajstić information content (AvgIpc) is 3.20. The quantitative estimate of drug-likeness (QED) is 0.543. The minimum Gasteiger partial charge on any atom is -0.381 e. The van der Waals surface area contributed by atoms with Crippen molar-refractivity contribution in [3.63, 3.8) is 0 Å². The molecular formula is C20H30ClN5OS. The zero-order chi connectivity index (χ0) is 19.6. The zero-order valence-corrected chi connectivity index (χ0v) is 17.6. The number of nitrogens with one attached hydrogen (secondary N) is 2. The molecule has 2 fully saturated rings. The van der Waals surface area contributed by atoms with Crippen LogP contribution in [0.15, 0.2) is 29.8 Å². The van der Waals surface area contributed by atoms with Crippen LogP contribution in [0.4, 0.5) is 5.13 Å². The molecule has 4 atom stereocenters. The van der Waals surface area contributed by atoms with Crippen molar-refractivity contribution in [3.05, 3.63) is 35.5 Å². The van der Waals surface area contributed by atoms with Gasteiger partial charge in [-0.1, -0.05) is 12.2 Å². The first-order chi connectivity index (χ1) is 13.5. The fraction of sp³-hybridized carbons (Fsp3) is 0.650. The second-order valence-electron chi connectivity index (χ2n) is 8.19. The van der Waals surface area contributed by atoms with Crippen LogP contribution in [-0.4, -0.2) is 41.7 Å². The van der Waals surface area contributed by atoms with E-state index in [1.165, 1.54) is 0 Å². The number of hydrogen-bond acceptors (Lipinski definition) is 7. The molecule has 3 aliphatic rings. The van der Waals surface area contributed by atoms with Crippen molar-refractivity contribution in [3.8, 4) is 0 Å². The number of rotatable bonds is 5. The Hall–Kier alpha value is -1.12. The van der Waals surface area contributed by atoms with E-state index < -0.39 is 11.1 Å². The average molecular weight is 424 g/mol. The number of thiazole rings is 1. The molecule has 6 N–H and O–H groups in total. The number of ether oxygens (including phenoxy) is 1. The first-order valence-corrected chi connectivity index (χ1v) is 11.4. The monoisotopic (exact) mass is 423 g/mol. The van der Waals surface area contributed by atoms with Gasteiger partial charge in [0, 0.05) is 31.2 Å². The lowest BCUT2D eigenvalue weighted by atomic mass is 9.65. The van der Waals surface area contributed by atoms with E-state index in [2.05, 4.69) is 22.1 Å². The van der Waals surface area contributed by atoms with Crippen LogP contribution in [0.25, 0.3) is 0 Å². The Morgan fingerprint density at radius 3 is 2.86 bits per heavy atom. The van der Waals surface area contributed by atoms with E-state index in [4.69, 9.17) is 32.8 Å². The SMILES string of the molecule is NC1CCC(N)(C2(c3csc(NCC4CCOCC4)n3)C=CC=CN2)C(Cl)C1. The largest absolute Gasteiger partial charge is 0.381 e. The summed E-state index contributed by atoms with van der Waals surface area (Å²) >= 11 is 8.43. The molecule has 1 saturated heterocycles. The third-order valence-electron chi connectivity index (χ3n) is 6.39. The van der Waals surface area contributed by atoms with Gasteiger partial charge in [0.1, 0.15) is 5.54 Å². The van der Waals surface area contributed by atoms with Crippen molar-refractivity contribution < 1.29 is 4.74 Å². The predicted molar refractivity (Wildman–Crippen MR) is 116 cm³/mol. The van der Waals surface area contributed by atoms with Crippen LogP contribution in [-0.2, 0) is 10.3 Å². The molecule has 154 valence electrons. The second kappa shape index (κ2) is 8.32. The number of hydrogen-bond donors (Lipinski definition) is 4. The normalized spacial score (nSPS) is 36.2. The lowest BCUT2D eigenvalue weighted by molar-refractivity contribution is 0.0699. The summed E-state index contributed by atoms with van der Waals surface area (Å²) < 4.78 is 5.45. The molecule has 4 unspecified atom stereocenters. The van der Waals surface area contributed by atoms with Crippen LogP contribution in [0.1, 0.15) is 37.8 Å². The highest BCUT2D eigenvalue weighted by Crippen LogP contribution is 2.45. The Kier molecular flexibility index (Phi) is 5.99. The van der Waals surface area contributed by atoms with Gasteiger partial charge in [0.2, 0.25) is 0 Å². The summed E-state index contributed by atoms with van der Waals surface area (Å²) in [5.41, 5.74) is 12.8. The summed E-state index contributed by atoms with van der Waals surface area (Å²) in [6.45, 7) is 2.64. The highest BCUT2D eigenvalue weighted by Gasteiger charge is 2.55. The third-order valence-corrected chi connectivity index (χ3v) is 7.75. The molecule has 0 radical (unpaired) electrons. The van der Waals surface area contributed by atoms with Crippen LogP contribution in [0.5, 0.6) is 0 Å². The molecule has 8 heteroatoms. The Morgan fingerprint density at radius 1 is 1.32 bits per heavy atom. The van der Waals surface area contributed by atoms with E-state index in [9.17, 15) is 0 Å². The lowest BCUT2D eigenvalue weighted by Crippen LogP contribution is -2.70. The second-order valence-corrected chi connectivity index (χ2v) is 9.57. The minimum absolute atomic E-state index is 0.103. The number of nitrogens with zero attached hydrogens (tertiary/aromatic N) is 1. The van der Waals surface area contributed by atoms with Crippen LogP contribution < -0.4 is 22.1 Å². The van der Waals surface area contributed by atoms with Gasteiger partial charge in [-0.05, 0) is 50.3 Å². The Morgan fingerprint density at radius 2 is 2.14 bits per heavy atom. The van der Waals surface area contributed by atoms with Gasteiger partial charge in [0.15, 0.2) is 5.13 Å². The van der Waals surface area contributed by atoms with Crippen molar-refractivity contribution in [2.24, 2.45) is 17.4 Å². The summed E-state index contributed by atoms with van der Waals surface area (Å²) in [6.07, 6.45) is 12.5. The zero-order valence-electron chi connectivity index (χ0n) is 16.1. The predicted octanol–water partition coefficient (Wildman–Crippen LogP) is 2.67. The summed E-state index contributed by atoms with van der Waals surface area (Å²) in [6, 6.07) is 0.103. The fourth-order valence-electron chi connectivity index (χ4n) is 4.51. The Labute approximate surface area is 175 Å². The summed E-state index contributed by atoms with van der Waals surface area (Å²) in [4.78, 5) is 4.92. The van der Waals surface area contributed by atoms with Gasteiger partial charge in [-0.3, -0.25) is 0 Å². The van der Waals surface area contributed by atoms with Gasteiger partial charge in [-0.15, -0.1) is 22.9 Å². The van der Waals surface area contributed by atoms with Gasteiger partial charge >= 0.3 is 0 Å². The molecule has 0 bridgehead atoms. The molecule has 3 heterocycles. The Bertz CT molecular complexity index is 734. The first kappa shape index (κ1) is 20.2. The van der Waals surface area contributed by atoms with Crippen LogP contribution in [0.3, 0.4) is 0 Å². The Balaban J connectivity index is 1.56. The van der Waals surface area contributed by atoms with Crippen molar-refractivity contribution in [1.82, 2.24) is 10.3 Å². The number of aromatic nitrogens is 1. The van der Waals surface area contributed by atoms with E-state index in [1.807, 2.05) is 18.4 Å². The van der Waals surface area contributed by atoms with Crippen molar-refractivity contribution in [1.29, 1.82) is 0 Å². The molecule has 2 aliphatic heterocycles. The maximum atomic E-state index is 7.00. The van der Waals surface area contributed by atoms with Crippen molar-refractivity contribution in [2.45, 2.75) is 54.6 Å². The molecule has 28 heavy (non-hydrogen) atoms. The van der Waals surface area contributed by atoms with Crippen molar-refractivity contribution in [2.75, 3.05) is 25.1 Å². The van der Waals surface area contributed by atoms with Crippen molar-refractivity contribution >= 4 is 28.1 Å². The van der Waals surface area contributed by atoms with E-state index in [1.54, 1.807) is 11.3 Å². The number of allylic oxidation sites excluding steroid dienone is 2. The summed E-state index contributed by atoms with van der Waals surface area (Å²) in [7, 11) is 0. The third kappa shape index (κ3) is 3.71. The number of alkyl halides is 1. The van der Waals surface area contributed by atoms with Gasteiger partial charge in [0.05, 0.1) is 16.6 Å². The molecule has 4 rings (SSSR count). The van der Waals surface area contributed by atoms with Gasteiger partial charge in [-0.25, -0.2) is 4.98 Å². The molecular weight excluding hydrogens is 394 g/mol. The standard InChI is InChI=1S/C20H30ClN5OS/c21-16-11-15(22)3-7-19(16,23)20(6-1-2-8-25-20)17-13-28-18(26-17)24-12-14-4-9-27-10-5-14/h1-2,6,8,13-16,25H,3-5,7,9-12,22-23H2,(H,24,26).